The Morgan fingerprint density at radius 3 is 2.45 bits per heavy atom. The van der Waals surface area contributed by atoms with Crippen LogP contribution in [-0.2, 0) is 6.61 Å². The average molecular weight is 388 g/mol. The first-order chi connectivity index (χ1) is 14.2. The Hall–Kier alpha value is -3.93. The molecule has 144 valence electrons. The van der Waals surface area contributed by atoms with E-state index in [1.165, 1.54) is 12.1 Å². The highest BCUT2D eigenvalue weighted by Crippen LogP contribution is 2.26. The van der Waals surface area contributed by atoms with Crippen molar-refractivity contribution in [3.63, 3.8) is 0 Å². The minimum Gasteiger partial charge on any atom is -0.489 e. The van der Waals surface area contributed by atoms with Gasteiger partial charge in [0.1, 0.15) is 18.2 Å². The van der Waals surface area contributed by atoms with Crippen molar-refractivity contribution in [1.29, 1.82) is 0 Å². The van der Waals surface area contributed by atoms with Gasteiger partial charge in [0.15, 0.2) is 17.8 Å². The monoisotopic (exact) mass is 388 g/mol. The molecule has 0 atom stereocenters. The predicted molar refractivity (Wildman–Crippen MR) is 107 cm³/mol. The van der Waals surface area contributed by atoms with Crippen molar-refractivity contribution in [3.8, 4) is 17.1 Å². The van der Waals surface area contributed by atoms with Crippen LogP contribution in [0.25, 0.3) is 11.3 Å². The Balaban J connectivity index is 1.43. The first-order valence-corrected chi connectivity index (χ1v) is 8.97. The highest BCUT2D eigenvalue weighted by Gasteiger charge is 2.20. The summed E-state index contributed by atoms with van der Waals surface area (Å²) in [6.07, 6.45) is 1.12. The molecule has 0 saturated carbocycles. The summed E-state index contributed by atoms with van der Waals surface area (Å²) >= 11 is 0. The molecule has 4 aromatic rings. The lowest BCUT2D eigenvalue weighted by atomic mass is 10.1. The summed E-state index contributed by atoms with van der Waals surface area (Å²) in [4.78, 5) is 16.5. The number of benzene rings is 3. The van der Waals surface area contributed by atoms with Crippen LogP contribution >= 0.6 is 0 Å². The Bertz CT molecular complexity index is 1110. The van der Waals surface area contributed by atoms with Gasteiger partial charge < -0.3 is 14.5 Å². The predicted octanol–water partition coefficient (Wildman–Crippen LogP) is 5.31. The number of hydrogen-bond acceptors (Lipinski definition) is 4. The Labute approximate surface area is 166 Å². The van der Waals surface area contributed by atoms with Crippen LogP contribution in [0.5, 0.6) is 5.75 Å². The second-order valence-electron chi connectivity index (χ2n) is 6.26. The molecule has 0 bridgehead atoms. The Kier molecular flexibility index (Phi) is 5.33. The Morgan fingerprint density at radius 2 is 1.69 bits per heavy atom. The normalized spacial score (nSPS) is 10.5. The maximum Gasteiger partial charge on any atom is 0.278 e. The average Bonchev–Trinajstić information content (AvgIpc) is 3.24. The topological polar surface area (TPSA) is 64.4 Å². The van der Waals surface area contributed by atoms with Crippen molar-refractivity contribution < 1.29 is 18.3 Å². The zero-order valence-corrected chi connectivity index (χ0v) is 15.3. The highest BCUT2D eigenvalue weighted by atomic mass is 19.1. The van der Waals surface area contributed by atoms with Crippen LogP contribution in [0.2, 0.25) is 0 Å². The van der Waals surface area contributed by atoms with Crippen LogP contribution in [-0.4, -0.2) is 10.9 Å². The fourth-order valence-corrected chi connectivity index (χ4v) is 2.81. The molecule has 0 spiro atoms. The van der Waals surface area contributed by atoms with Gasteiger partial charge >= 0.3 is 0 Å². The molecule has 3 aromatic carbocycles. The number of amides is 1. The smallest absolute Gasteiger partial charge is 0.278 e. The molecule has 1 aromatic heterocycles. The third-order valence-corrected chi connectivity index (χ3v) is 4.26. The van der Waals surface area contributed by atoms with E-state index in [-0.39, 0.29) is 17.0 Å². The number of carbonyl (C=O) groups excluding carboxylic acids is 1. The van der Waals surface area contributed by atoms with Gasteiger partial charge in [-0.2, -0.15) is 0 Å². The molecule has 1 amide bonds. The summed E-state index contributed by atoms with van der Waals surface area (Å²) < 4.78 is 25.0. The molecule has 6 heteroatoms. The van der Waals surface area contributed by atoms with Gasteiger partial charge in [-0.05, 0) is 42.0 Å². The van der Waals surface area contributed by atoms with Crippen molar-refractivity contribution >= 4 is 11.6 Å². The van der Waals surface area contributed by atoms with Gasteiger partial charge in [-0.3, -0.25) is 4.79 Å². The largest absolute Gasteiger partial charge is 0.489 e. The quantitative estimate of drug-likeness (QED) is 0.486. The molecule has 5 nitrogen and oxygen atoms in total. The minimum absolute atomic E-state index is 0.0134. The molecule has 0 saturated heterocycles. The lowest BCUT2D eigenvalue weighted by Crippen LogP contribution is -2.13. The second-order valence-corrected chi connectivity index (χ2v) is 6.26. The van der Waals surface area contributed by atoms with E-state index < -0.39 is 11.7 Å². The van der Waals surface area contributed by atoms with E-state index in [9.17, 15) is 9.18 Å². The van der Waals surface area contributed by atoms with Crippen molar-refractivity contribution in [2.24, 2.45) is 0 Å². The summed E-state index contributed by atoms with van der Waals surface area (Å²) in [5.74, 6) is -0.211. The van der Waals surface area contributed by atoms with Crippen LogP contribution in [0, 0.1) is 5.82 Å². The summed E-state index contributed by atoms with van der Waals surface area (Å²) in [7, 11) is 0. The van der Waals surface area contributed by atoms with Crippen LogP contribution < -0.4 is 10.1 Å². The third kappa shape index (κ3) is 4.32. The van der Waals surface area contributed by atoms with E-state index in [0.29, 0.717) is 18.0 Å². The molecule has 0 aliphatic rings. The standard InChI is InChI=1S/C23H17FN2O3/c24-20-9-5-4-8-19(20)22-21(25-15-29-22)23(27)26-17-10-12-18(13-11-17)28-14-16-6-2-1-3-7-16/h1-13,15H,14H2,(H,26,27). The van der Waals surface area contributed by atoms with Gasteiger partial charge in [0, 0.05) is 5.69 Å². The number of anilines is 1. The number of hydrogen-bond donors (Lipinski definition) is 1. The summed E-state index contributed by atoms with van der Waals surface area (Å²) in [5.41, 5.74) is 1.82. The number of nitrogens with one attached hydrogen (secondary N) is 1. The molecule has 0 radical (unpaired) electrons. The molecule has 1 heterocycles. The molecule has 29 heavy (non-hydrogen) atoms. The first kappa shape index (κ1) is 18.4. The van der Waals surface area contributed by atoms with Crippen molar-refractivity contribution in [3.05, 3.63) is 102 Å². The van der Waals surface area contributed by atoms with Gasteiger partial charge in [-0.25, -0.2) is 9.37 Å². The van der Waals surface area contributed by atoms with E-state index >= 15 is 0 Å². The molecule has 0 fully saturated rings. The molecule has 1 N–H and O–H groups in total. The van der Waals surface area contributed by atoms with Crippen LogP contribution in [0.4, 0.5) is 10.1 Å². The molecular weight excluding hydrogens is 371 g/mol. The lowest BCUT2D eigenvalue weighted by Gasteiger charge is -2.08. The van der Waals surface area contributed by atoms with Crippen molar-refractivity contribution in [1.82, 2.24) is 4.98 Å². The van der Waals surface area contributed by atoms with Gasteiger partial charge in [0.05, 0.1) is 5.56 Å². The van der Waals surface area contributed by atoms with Crippen LogP contribution in [0.3, 0.4) is 0 Å². The number of oxazole rings is 1. The Morgan fingerprint density at radius 1 is 0.966 bits per heavy atom. The van der Waals surface area contributed by atoms with Crippen molar-refractivity contribution in [2.75, 3.05) is 5.32 Å². The van der Waals surface area contributed by atoms with Crippen molar-refractivity contribution in [2.45, 2.75) is 6.61 Å². The maximum absolute atomic E-state index is 14.0. The third-order valence-electron chi connectivity index (χ3n) is 4.26. The zero-order valence-electron chi connectivity index (χ0n) is 15.3. The minimum atomic E-state index is -0.491. The summed E-state index contributed by atoms with van der Waals surface area (Å²) in [6, 6.07) is 22.9. The van der Waals surface area contributed by atoms with E-state index in [0.717, 1.165) is 12.0 Å². The van der Waals surface area contributed by atoms with Gasteiger partial charge in [0.25, 0.3) is 5.91 Å². The number of nitrogens with zero attached hydrogens (tertiary/aromatic N) is 1. The number of halogens is 1. The van der Waals surface area contributed by atoms with E-state index in [2.05, 4.69) is 10.3 Å². The molecule has 0 unspecified atom stereocenters. The van der Waals surface area contributed by atoms with E-state index in [1.807, 2.05) is 30.3 Å². The number of rotatable bonds is 6. The van der Waals surface area contributed by atoms with Crippen LogP contribution in [0.15, 0.2) is 89.7 Å². The van der Waals surface area contributed by atoms with Gasteiger partial charge in [-0.15, -0.1) is 0 Å². The number of ether oxygens (including phenoxy) is 1. The van der Waals surface area contributed by atoms with Gasteiger partial charge in [0.2, 0.25) is 0 Å². The number of aromatic nitrogens is 1. The molecule has 0 aliphatic carbocycles. The zero-order chi connectivity index (χ0) is 20.1. The summed E-state index contributed by atoms with van der Waals surface area (Å²) in [5, 5.41) is 2.74. The molecular formula is C23H17FN2O3. The summed E-state index contributed by atoms with van der Waals surface area (Å²) in [6.45, 7) is 0.456. The van der Waals surface area contributed by atoms with Crippen LogP contribution in [0.1, 0.15) is 16.1 Å². The maximum atomic E-state index is 14.0. The fourth-order valence-electron chi connectivity index (χ4n) is 2.81. The molecule has 0 aliphatic heterocycles. The van der Waals surface area contributed by atoms with E-state index in [1.54, 1.807) is 36.4 Å². The second kappa shape index (κ2) is 8.39. The SMILES string of the molecule is O=C(Nc1ccc(OCc2ccccc2)cc1)c1ncoc1-c1ccccc1F. The lowest BCUT2D eigenvalue weighted by molar-refractivity contribution is 0.102. The highest BCUT2D eigenvalue weighted by molar-refractivity contribution is 6.06. The number of carbonyl (C=O) groups is 1. The van der Waals surface area contributed by atoms with Gasteiger partial charge in [-0.1, -0.05) is 42.5 Å². The molecule has 4 rings (SSSR count). The van der Waals surface area contributed by atoms with E-state index in [4.69, 9.17) is 9.15 Å². The first-order valence-electron chi connectivity index (χ1n) is 8.97. The fraction of sp³-hybridized carbons (Fsp3) is 0.0435.